The summed E-state index contributed by atoms with van der Waals surface area (Å²) in [6.07, 6.45) is 2.53. The summed E-state index contributed by atoms with van der Waals surface area (Å²) in [5.41, 5.74) is 43.2. The fourth-order valence-corrected chi connectivity index (χ4v) is 13.9. The third-order valence-corrected chi connectivity index (χ3v) is 20.1. The van der Waals surface area contributed by atoms with Gasteiger partial charge in [-0.3, -0.25) is 4.90 Å². The number of nitrogens with one attached hydrogen (secondary N) is 5. The molecule has 0 saturated carbocycles. The summed E-state index contributed by atoms with van der Waals surface area (Å²) in [5, 5.41) is 13.8. The van der Waals surface area contributed by atoms with Crippen LogP contribution in [-0.2, 0) is 26.2 Å². The van der Waals surface area contributed by atoms with E-state index >= 15 is 0 Å². The van der Waals surface area contributed by atoms with Crippen molar-refractivity contribution < 1.29 is 4.90 Å². The summed E-state index contributed by atoms with van der Waals surface area (Å²) in [6, 6.07) is 37.6. The maximum absolute atomic E-state index is 3.68. The molecule has 0 radical (unpaired) electrons. The lowest BCUT2D eigenvalue weighted by molar-refractivity contribution is -0.831. The average molecular weight is 1270 g/mol. The predicted octanol–water partition coefficient (Wildman–Crippen LogP) is 19.0. The zero-order valence-electron chi connectivity index (χ0n) is 63.6. The Kier molecular flexibility index (Phi) is 28.4. The minimum atomic E-state index is 0.829. The van der Waals surface area contributed by atoms with Crippen LogP contribution in [0.4, 0.5) is 22.7 Å². The number of hydrogen-bond donors (Lipinski definition) is 5. The molecule has 1 atom stereocenters. The van der Waals surface area contributed by atoms with Crippen LogP contribution in [0.15, 0.2) is 97.1 Å². The van der Waals surface area contributed by atoms with Gasteiger partial charge in [0.15, 0.2) is 0 Å². The van der Waals surface area contributed by atoms with Crippen LogP contribution in [0, 0.1) is 111 Å². The number of nitrogens with zero attached hydrogens (tertiary/aromatic N) is 3. The van der Waals surface area contributed by atoms with Crippen LogP contribution in [-0.4, -0.2) is 79.5 Å². The first-order chi connectivity index (χ1) is 44.7. The van der Waals surface area contributed by atoms with E-state index in [0.29, 0.717) is 0 Å². The molecule has 8 aromatic carbocycles. The van der Waals surface area contributed by atoms with E-state index in [1.165, 1.54) is 198 Å². The lowest BCUT2D eigenvalue weighted by Crippen LogP contribution is -3.07. The van der Waals surface area contributed by atoms with Gasteiger partial charge in [0.25, 0.3) is 0 Å². The van der Waals surface area contributed by atoms with Crippen molar-refractivity contribution in [2.45, 2.75) is 184 Å². The highest BCUT2D eigenvalue weighted by Crippen LogP contribution is 2.38. The van der Waals surface area contributed by atoms with E-state index in [4.69, 9.17) is 0 Å². The van der Waals surface area contributed by atoms with Gasteiger partial charge in [-0.05, 0) is 366 Å². The molecule has 0 amide bonds. The highest BCUT2D eigenvalue weighted by Gasteiger charge is 2.22. The van der Waals surface area contributed by atoms with Crippen molar-refractivity contribution >= 4 is 22.7 Å². The molecule has 1 unspecified atom stereocenters. The summed E-state index contributed by atoms with van der Waals surface area (Å²) in [5.74, 6) is 0. The number of anilines is 3. The molecule has 0 aromatic heterocycles. The topological polar surface area (TPSA) is 62.3 Å². The molecule has 0 spiro atoms. The number of unbranched alkanes of at least 4 members (excludes halogenated alkanes) is 1. The Bertz CT molecular complexity index is 3770. The SMILES string of the molecule is CCCC[NH+](CC)c1c(C)cc(-c2cc(C)c(C)c(C)c2)cc1CNC.CCN(C)c1c(C)cc(-c2cc(C)c(C)c(C)c2)cc1CNC.CCNc1c(C)cc(-c2cc(C)c(C)c(C)c2)cc1CN(C)CN(CC)c1c(C)cc(-c2cc(C)c(C)c(C)c2)cc1CNC. The van der Waals surface area contributed by atoms with Gasteiger partial charge in [-0.2, -0.15) is 0 Å². The Hall–Kier alpha value is -7.04. The molecule has 8 nitrogen and oxygen atoms in total. The number of benzene rings is 8. The summed E-state index contributed by atoms with van der Waals surface area (Å²) in [6.45, 7) is 56.4. The number of hydrogen-bond acceptors (Lipinski definition) is 7. The molecule has 0 aliphatic rings. The van der Waals surface area contributed by atoms with E-state index in [1.807, 2.05) is 21.1 Å². The van der Waals surface area contributed by atoms with E-state index in [1.54, 1.807) is 4.90 Å². The van der Waals surface area contributed by atoms with E-state index in [-0.39, 0.29) is 0 Å². The minimum absolute atomic E-state index is 0.829. The average Bonchev–Trinajstić information content (AvgIpc) is 0.813. The summed E-state index contributed by atoms with van der Waals surface area (Å²) < 4.78 is 0. The van der Waals surface area contributed by atoms with E-state index in [0.717, 1.165) is 59.0 Å². The van der Waals surface area contributed by atoms with Gasteiger partial charge in [0, 0.05) is 81.1 Å². The molecule has 8 heteroatoms. The molecule has 8 aromatic rings. The second-order valence-corrected chi connectivity index (χ2v) is 27.4. The van der Waals surface area contributed by atoms with Crippen molar-refractivity contribution in [2.24, 2.45) is 0 Å². The Balaban J connectivity index is 0.000000243. The van der Waals surface area contributed by atoms with Gasteiger partial charge in [-0.15, -0.1) is 0 Å². The summed E-state index contributed by atoms with van der Waals surface area (Å²) >= 11 is 0. The monoisotopic (exact) mass is 1270 g/mol. The molecule has 506 valence electrons. The first kappa shape index (κ1) is 76.0. The van der Waals surface area contributed by atoms with Gasteiger partial charge in [0.05, 0.1) is 19.8 Å². The fourth-order valence-electron chi connectivity index (χ4n) is 13.9. The normalized spacial score (nSPS) is 11.6. The third kappa shape index (κ3) is 18.7. The molecular formula is C86H123N8+. The van der Waals surface area contributed by atoms with E-state index in [2.05, 4.69) is 293 Å². The Morgan fingerprint density at radius 2 is 0.691 bits per heavy atom. The van der Waals surface area contributed by atoms with E-state index < -0.39 is 0 Å². The number of aryl methyl sites for hydroxylation is 12. The highest BCUT2D eigenvalue weighted by molar-refractivity contribution is 5.77. The maximum Gasteiger partial charge on any atom is 0.138 e. The largest absolute Gasteiger partial charge is 0.385 e. The molecule has 0 saturated heterocycles. The zero-order valence-corrected chi connectivity index (χ0v) is 63.6. The third-order valence-electron chi connectivity index (χ3n) is 20.1. The van der Waals surface area contributed by atoms with Crippen molar-refractivity contribution in [3.05, 3.63) is 208 Å². The van der Waals surface area contributed by atoms with E-state index in [9.17, 15) is 0 Å². The molecule has 0 heterocycles. The highest BCUT2D eigenvalue weighted by atomic mass is 15.3. The molecule has 0 aliphatic heterocycles. The minimum Gasteiger partial charge on any atom is -0.385 e. The van der Waals surface area contributed by atoms with Crippen LogP contribution in [0.5, 0.6) is 0 Å². The second-order valence-electron chi connectivity index (χ2n) is 27.4. The first-order valence-electron chi connectivity index (χ1n) is 35.2. The predicted molar refractivity (Wildman–Crippen MR) is 415 cm³/mol. The maximum atomic E-state index is 3.68. The molecule has 0 aliphatic carbocycles. The first-order valence-corrected chi connectivity index (χ1v) is 35.2. The lowest BCUT2D eigenvalue weighted by Gasteiger charge is -2.33. The Morgan fingerprint density at radius 1 is 0.362 bits per heavy atom. The second kappa shape index (κ2) is 35.1. The van der Waals surface area contributed by atoms with Crippen LogP contribution < -0.4 is 36.0 Å². The van der Waals surface area contributed by atoms with Crippen molar-refractivity contribution in [1.29, 1.82) is 0 Å². The molecule has 94 heavy (non-hydrogen) atoms. The van der Waals surface area contributed by atoms with Crippen LogP contribution >= 0.6 is 0 Å². The zero-order chi connectivity index (χ0) is 69.4. The molecular weight excluding hydrogens is 1150 g/mol. The van der Waals surface area contributed by atoms with Crippen LogP contribution in [0.1, 0.15) is 159 Å². The molecule has 8 rings (SSSR count). The summed E-state index contributed by atoms with van der Waals surface area (Å²) in [7, 11) is 10.5. The van der Waals surface area contributed by atoms with Gasteiger partial charge in [0.1, 0.15) is 5.69 Å². The molecule has 5 N–H and O–H groups in total. The van der Waals surface area contributed by atoms with Gasteiger partial charge in [0.2, 0.25) is 0 Å². The van der Waals surface area contributed by atoms with Gasteiger partial charge in [-0.1, -0.05) is 61.9 Å². The quantitative estimate of drug-likeness (QED) is 0.0366. The van der Waals surface area contributed by atoms with Crippen LogP contribution in [0.2, 0.25) is 0 Å². The van der Waals surface area contributed by atoms with Gasteiger partial charge in [-0.25, -0.2) is 0 Å². The Morgan fingerprint density at radius 3 is 1.05 bits per heavy atom. The van der Waals surface area contributed by atoms with Gasteiger partial charge < -0.3 is 36.0 Å². The fraction of sp³-hybridized carbons (Fsp3) is 0.442. The van der Waals surface area contributed by atoms with Crippen LogP contribution in [0.3, 0.4) is 0 Å². The molecule has 0 fully saturated rings. The van der Waals surface area contributed by atoms with Crippen molar-refractivity contribution in [1.82, 2.24) is 20.9 Å². The summed E-state index contributed by atoms with van der Waals surface area (Å²) in [4.78, 5) is 8.93. The van der Waals surface area contributed by atoms with Crippen molar-refractivity contribution in [3.63, 3.8) is 0 Å². The van der Waals surface area contributed by atoms with Crippen molar-refractivity contribution in [3.8, 4) is 44.5 Å². The van der Waals surface area contributed by atoms with Crippen LogP contribution in [0.25, 0.3) is 44.5 Å². The molecule has 0 bridgehead atoms. The smallest absolute Gasteiger partial charge is 0.138 e. The lowest BCUT2D eigenvalue weighted by atomic mass is 9.93. The Labute approximate surface area is 572 Å². The van der Waals surface area contributed by atoms with Gasteiger partial charge >= 0.3 is 0 Å². The standard InChI is InChI=1S/C41H56N4.C24H36N2.C21H30N2/c1-13-43-40-30(7)19-36(34-15-26(3)32(9)27(4)16-34)22-39(40)24-44(12)25-45(14-2)41-31(8)20-37(21-38(41)23-42-11)35-17-28(5)33(10)29(6)18-35;1-8-10-11-26(9-2)24-19(5)14-22(15-23(24)16-25-7)21-12-17(3)20(6)18(4)13-21;1-8-23(7)21-16(4)11-19(12-20(21)13-22-6)18-9-14(2)17(5)15(3)10-18/h15-22,42-43H,13-14,23-25H2,1-12H3;12-15,25H,8-11,16H2,1-7H3;9-12,22H,8,13H2,1-7H3/p+1. The number of rotatable bonds is 25. The number of quaternary nitrogens is 1. The van der Waals surface area contributed by atoms with Crippen molar-refractivity contribution in [2.75, 3.05) is 89.7 Å².